The van der Waals surface area contributed by atoms with Gasteiger partial charge in [0.25, 0.3) is 0 Å². The molecule has 0 unspecified atom stereocenters. The Hall–Kier alpha value is -2.04. The molecule has 1 aliphatic carbocycles. The molecular formula is C31H36OSi2Ti. The molecule has 0 amide bonds. The quantitative estimate of drug-likeness (QED) is 0.294. The molecule has 0 saturated heterocycles. The molecule has 0 saturated carbocycles. The summed E-state index contributed by atoms with van der Waals surface area (Å²) in [6.45, 7) is 15.0. The molecule has 0 spiro atoms. The molecule has 3 aromatic carbocycles. The molecule has 0 aromatic heterocycles. The molecule has 178 valence electrons. The molecule has 1 N–H and O–H groups in total. The predicted octanol–water partition coefficient (Wildman–Crippen LogP) is 6.78. The predicted molar refractivity (Wildman–Crippen MR) is 152 cm³/mol. The van der Waals surface area contributed by atoms with E-state index in [0.29, 0.717) is 5.75 Å². The summed E-state index contributed by atoms with van der Waals surface area (Å²) in [4.78, 5) is 0. The van der Waals surface area contributed by atoms with E-state index in [9.17, 15) is 5.11 Å². The van der Waals surface area contributed by atoms with Crippen LogP contribution < -0.4 is 5.19 Å². The molecule has 0 atom stereocenters. The summed E-state index contributed by atoms with van der Waals surface area (Å²) in [5.74, 6) is 0.406. The monoisotopic (exact) mass is 528 g/mol. The number of aromatic hydroxyl groups is 1. The minimum absolute atomic E-state index is 0.406. The number of benzene rings is 3. The summed E-state index contributed by atoms with van der Waals surface area (Å²) in [5, 5.41) is 12.2. The molecule has 0 fully saturated rings. The van der Waals surface area contributed by atoms with Crippen molar-refractivity contribution >= 4 is 27.3 Å². The normalized spacial score (nSPS) is 12.2. The van der Waals surface area contributed by atoms with Crippen LogP contribution in [0.5, 0.6) is 5.75 Å². The maximum atomic E-state index is 9.66. The van der Waals surface area contributed by atoms with Crippen molar-refractivity contribution in [2.75, 3.05) is 0 Å². The first kappa shape index (κ1) is 29.2. The van der Waals surface area contributed by atoms with Gasteiger partial charge in [-0.15, -0.1) is 6.42 Å². The first-order chi connectivity index (χ1) is 16.4. The van der Waals surface area contributed by atoms with Crippen molar-refractivity contribution in [3.8, 4) is 5.75 Å². The number of allylic oxidation sites excluding steroid dienone is 4. The van der Waals surface area contributed by atoms with Gasteiger partial charge < -0.3 is 5.11 Å². The summed E-state index contributed by atoms with van der Waals surface area (Å²) < 4.78 is 1.33. The van der Waals surface area contributed by atoms with Crippen molar-refractivity contribution in [3.05, 3.63) is 117 Å². The summed E-state index contributed by atoms with van der Waals surface area (Å²) in [6.07, 6.45) is 8.82. The fraction of sp³-hybridized carbons (Fsp3) is 0.258. The van der Waals surface area contributed by atoms with Crippen molar-refractivity contribution < 1.29 is 25.1 Å². The van der Waals surface area contributed by atoms with Gasteiger partial charge in [0.15, 0.2) is 0 Å². The zero-order chi connectivity index (χ0) is 26.2. The van der Waals surface area contributed by atoms with Crippen LogP contribution in [0.3, 0.4) is 0 Å². The van der Waals surface area contributed by atoms with Gasteiger partial charge in [-0.2, -0.15) is 6.08 Å². The molecular weight excluding hydrogens is 492 g/mol. The number of phenols is 1. The summed E-state index contributed by atoms with van der Waals surface area (Å²) >= 11 is 2.16. The Morgan fingerprint density at radius 1 is 0.800 bits per heavy atom. The van der Waals surface area contributed by atoms with Crippen molar-refractivity contribution in [1.29, 1.82) is 0 Å². The number of phenolic OH excluding ortho intramolecular Hbond substituents is 1. The van der Waals surface area contributed by atoms with E-state index in [0.717, 1.165) is 28.3 Å². The molecule has 4 heteroatoms. The Labute approximate surface area is 228 Å². The van der Waals surface area contributed by atoms with Gasteiger partial charge in [-0.25, -0.2) is 11.3 Å². The SMILES string of the molecule is C[Si](C)(C)C1=[C-]CC=C1.Cc1c(C)c(O)c(C)c([Si])c1C.[Ti+]=[C](c1ccccc1)c1ccccc1. The van der Waals surface area contributed by atoms with Crippen LogP contribution in [-0.2, 0) is 20.0 Å². The van der Waals surface area contributed by atoms with E-state index in [2.05, 4.69) is 124 Å². The summed E-state index contributed by atoms with van der Waals surface area (Å²) in [7, 11) is 2.50. The average molecular weight is 529 g/mol. The topological polar surface area (TPSA) is 20.2 Å². The van der Waals surface area contributed by atoms with Crippen LogP contribution >= 0.6 is 0 Å². The van der Waals surface area contributed by atoms with Crippen LogP contribution in [0.1, 0.15) is 39.8 Å². The van der Waals surface area contributed by atoms with E-state index in [1.165, 1.54) is 25.7 Å². The zero-order valence-corrected chi connectivity index (χ0v) is 25.6. The van der Waals surface area contributed by atoms with Gasteiger partial charge in [0.2, 0.25) is 0 Å². The maximum absolute atomic E-state index is 9.66. The standard InChI is InChI=1S/C13H10.C10H13OSi.C8H13Si.Ti/c1-3-7-12(8-4-1)11-13-9-5-2-6-10-13;1-5-6(2)9(11)8(4)10(12)7(5)3;1-9(2,3)8-6-4-5-7-8;/h1-10H;11H,1-4H3;4,6H,5H2,1-3H3;/q;;-1;+1. The molecule has 3 radical (unpaired) electrons. The molecule has 0 heterocycles. The Bertz CT molecular complexity index is 1060. The zero-order valence-electron chi connectivity index (χ0n) is 22.1. The summed E-state index contributed by atoms with van der Waals surface area (Å²) in [5.41, 5.74) is 6.85. The molecule has 3 aromatic rings. The molecule has 1 nitrogen and oxygen atoms in total. The van der Waals surface area contributed by atoms with E-state index >= 15 is 0 Å². The van der Waals surface area contributed by atoms with Crippen LogP contribution in [0, 0.1) is 33.8 Å². The molecule has 35 heavy (non-hydrogen) atoms. The molecule has 1 aliphatic rings. The van der Waals surface area contributed by atoms with Crippen LogP contribution in [0.15, 0.2) is 78.0 Å². The third kappa shape index (κ3) is 8.25. The van der Waals surface area contributed by atoms with Gasteiger partial charge in [-0.1, -0.05) is 24.8 Å². The van der Waals surface area contributed by atoms with Gasteiger partial charge in [-0.3, -0.25) is 6.08 Å². The number of hydrogen-bond donors (Lipinski definition) is 1. The van der Waals surface area contributed by atoms with E-state index in [1.54, 1.807) is 0 Å². The van der Waals surface area contributed by atoms with E-state index < -0.39 is 8.07 Å². The Morgan fingerprint density at radius 3 is 1.66 bits per heavy atom. The van der Waals surface area contributed by atoms with Gasteiger partial charge in [-0.05, 0) is 49.9 Å². The number of hydrogen-bond acceptors (Lipinski definition) is 1. The second-order valence-corrected chi connectivity index (χ2v) is 16.1. The van der Waals surface area contributed by atoms with Crippen LogP contribution in [0.25, 0.3) is 0 Å². The van der Waals surface area contributed by atoms with Crippen LogP contribution in [-0.4, -0.2) is 27.2 Å². The fourth-order valence-electron chi connectivity index (χ4n) is 3.62. The van der Waals surface area contributed by atoms with Crippen molar-refractivity contribution in [1.82, 2.24) is 0 Å². The third-order valence-corrected chi connectivity index (χ3v) is 9.82. The van der Waals surface area contributed by atoms with E-state index in [1.807, 2.05) is 32.9 Å². The first-order valence-corrected chi connectivity index (χ1v) is 16.7. The Balaban J connectivity index is 0.000000190. The van der Waals surface area contributed by atoms with Gasteiger partial charge in [0.05, 0.1) is 10.2 Å². The second-order valence-electron chi connectivity index (χ2n) is 9.78. The van der Waals surface area contributed by atoms with E-state index in [-0.39, 0.29) is 0 Å². The van der Waals surface area contributed by atoms with Crippen LogP contribution in [0.2, 0.25) is 19.6 Å². The molecule has 0 aliphatic heterocycles. The second kappa shape index (κ2) is 13.3. The average Bonchev–Trinajstić information content (AvgIpc) is 3.43. The van der Waals surface area contributed by atoms with Crippen molar-refractivity contribution in [2.45, 2.75) is 53.8 Å². The summed E-state index contributed by atoms with van der Waals surface area (Å²) in [6, 6.07) is 20.9. The van der Waals surface area contributed by atoms with E-state index in [4.69, 9.17) is 0 Å². The minimum atomic E-state index is -1.01. The third-order valence-electron chi connectivity index (χ3n) is 6.21. The number of rotatable bonds is 3. The first-order valence-electron chi connectivity index (χ1n) is 11.9. The Morgan fingerprint density at radius 2 is 1.29 bits per heavy atom. The Kier molecular flexibility index (Phi) is 11.1. The van der Waals surface area contributed by atoms with Crippen molar-refractivity contribution in [3.63, 3.8) is 0 Å². The van der Waals surface area contributed by atoms with Gasteiger partial charge >= 0.3 is 95.6 Å². The van der Waals surface area contributed by atoms with Crippen molar-refractivity contribution in [2.24, 2.45) is 0 Å². The fourth-order valence-corrected chi connectivity index (χ4v) is 5.70. The van der Waals surface area contributed by atoms with Crippen LogP contribution in [0.4, 0.5) is 0 Å². The molecule has 0 bridgehead atoms. The van der Waals surface area contributed by atoms with Gasteiger partial charge in [0.1, 0.15) is 5.75 Å². The van der Waals surface area contributed by atoms with Gasteiger partial charge in [0, 0.05) is 8.07 Å². The molecule has 4 rings (SSSR count).